The van der Waals surface area contributed by atoms with Crippen LogP contribution in [0.5, 0.6) is 0 Å². The highest BCUT2D eigenvalue weighted by atomic mass is 79.9. The first kappa shape index (κ1) is 14.3. The lowest BCUT2D eigenvalue weighted by molar-refractivity contribution is 0.415. The predicted molar refractivity (Wildman–Crippen MR) is 79.0 cm³/mol. The van der Waals surface area contributed by atoms with Crippen LogP contribution in [0.4, 0.5) is 0 Å². The van der Waals surface area contributed by atoms with E-state index in [9.17, 15) is 0 Å². The van der Waals surface area contributed by atoms with Crippen molar-refractivity contribution in [3.63, 3.8) is 0 Å². The van der Waals surface area contributed by atoms with Crippen LogP contribution < -0.4 is 5.73 Å². The molecule has 0 saturated heterocycles. The minimum atomic E-state index is 0.00843. The minimum absolute atomic E-state index is 0.00843. The quantitative estimate of drug-likeness (QED) is 0.938. The largest absolute Gasteiger partial charge is 0.326 e. The van der Waals surface area contributed by atoms with Crippen LogP contribution in [-0.4, -0.2) is 25.6 Å². The van der Waals surface area contributed by atoms with Crippen LogP contribution in [0.1, 0.15) is 36.3 Å². The van der Waals surface area contributed by atoms with Gasteiger partial charge in [0.15, 0.2) is 0 Å². The number of nitrogens with zero attached hydrogens (tertiary/aromatic N) is 4. The third kappa shape index (κ3) is 2.60. The molecule has 6 heteroatoms. The second kappa shape index (κ2) is 5.46. The van der Waals surface area contributed by atoms with Gasteiger partial charge in [0.2, 0.25) is 0 Å². The van der Waals surface area contributed by atoms with Gasteiger partial charge in [-0.2, -0.15) is 10.2 Å². The van der Waals surface area contributed by atoms with E-state index in [2.05, 4.69) is 40.0 Å². The fourth-order valence-corrected chi connectivity index (χ4v) is 2.56. The Hall–Kier alpha value is -1.14. The maximum absolute atomic E-state index is 6.31. The number of nitrogens with two attached hydrogens (primary N) is 1. The average molecular weight is 326 g/mol. The van der Waals surface area contributed by atoms with Crippen LogP contribution in [0.2, 0.25) is 0 Å². The highest BCUT2D eigenvalue weighted by molar-refractivity contribution is 9.10. The molecule has 2 aromatic rings. The zero-order valence-electron chi connectivity index (χ0n) is 11.8. The second-order valence-electron chi connectivity index (χ2n) is 4.89. The van der Waals surface area contributed by atoms with Crippen LogP contribution in [0, 0.1) is 13.8 Å². The highest BCUT2D eigenvalue weighted by Gasteiger charge is 2.25. The molecule has 2 unspecified atom stereocenters. The van der Waals surface area contributed by atoms with Crippen LogP contribution in [0.3, 0.4) is 0 Å². The molecule has 0 amide bonds. The molecule has 0 aromatic carbocycles. The first-order valence-electron chi connectivity index (χ1n) is 6.41. The molecule has 0 aliphatic rings. The molecule has 0 radical (unpaired) electrons. The number of aryl methyl sites for hydroxylation is 2. The fraction of sp³-hybridized carbons (Fsp3) is 0.538. The number of halogens is 1. The van der Waals surface area contributed by atoms with Crippen molar-refractivity contribution >= 4 is 15.9 Å². The van der Waals surface area contributed by atoms with Crippen LogP contribution in [-0.2, 0) is 7.05 Å². The maximum Gasteiger partial charge on any atom is 0.0952 e. The Labute approximate surface area is 121 Å². The molecule has 2 heterocycles. The summed E-state index contributed by atoms with van der Waals surface area (Å²) in [6.07, 6.45) is 4.75. The Balaban J connectivity index is 2.52. The molecular weight excluding hydrogens is 306 g/mol. The molecule has 19 heavy (non-hydrogen) atoms. The van der Waals surface area contributed by atoms with Crippen LogP contribution >= 0.6 is 15.9 Å². The first-order valence-corrected chi connectivity index (χ1v) is 7.20. The minimum Gasteiger partial charge on any atom is -0.326 e. The van der Waals surface area contributed by atoms with E-state index >= 15 is 0 Å². The van der Waals surface area contributed by atoms with Crippen molar-refractivity contribution in [2.24, 2.45) is 12.8 Å². The highest BCUT2D eigenvalue weighted by Crippen LogP contribution is 2.28. The molecule has 2 atom stereocenters. The maximum atomic E-state index is 6.31. The van der Waals surface area contributed by atoms with Gasteiger partial charge >= 0.3 is 0 Å². The number of aromatic nitrogens is 4. The molecule has 104 valence electrons. The Morgan fingerprint density at radius 1 is 1.42 bits per heavy atom. The van der Waals surface area contributed by atoms with Crippen molar-refractivity contribution in [3.8, 4) is 0 Å². The molecule has 2 N–H and O–H groups in total. The summed E-state index contributed by atoms with van der Waals surface area (Å²) in [5, 5.41) is 8.86. The predicted octanol–water partition coefficient (Wildman–Crippen LogP) is 2.32. The molecule has 0 fully saturated rings. The van der Waals surface area contributed by atoms with Gasteiger partial charge in [0.05, 0.1) is 28.1 Å². The van der Waals surface area contributed by atoms with E-state index in [1.165, 1.54) is 0 Å². The summed E-state index contributed by atoms with van der Waals surface area (Å²) in [7, 11) is 1.91. The van der Waals surface area contributed by atoms with Crippen LogP contribution in [0.25, 0.3) is 0 Å². The molecule has 2 aromatic heterocycles. The Bertz CT molecular complexity index is 572. The van der Waals surface area contributed by atoms with Crippen molar-refractivity contribution in [3.05, 3.63) is 33.8 Å². The summed E-state index contributed by atoms with van der Waals surface area (Å²) in [5.41, 5.74) is 9.47. The van der Waals surface area contributed by atoms with Gasteiger partial charge in [0, 0.05) is 24.8 Å². The molecule has 0 bridgehead atoms. The van der Waals surface area contributed by atoms with Gasteiger partial charge in [-0.25, -0.2) is 0 Å². The molecule has 5 nitrogen and oxygen atoms in total. The van der Waals surface area contributed by atoms with Gasteiger partial charge in [-0.1, -0.05) is 6.92 Å². The third-order valence-electron chi connectivity index (χ3n) is 3.44. The molecule has 0 saturated carbocycles. The van der Waals surface area contributed by atoms with E-state index in [4.69, 9.17) is 5.73 Å². The van der Waals surface area contributed by atoms with Crippen molar-refractivity contribution in [1.29, 1.82) is 0 Å². The topological polar surface area (TPSA) is 61.7 Å². The lowest BCUT2D eigenvalue weighted by Gasteiger charge is -2.23. The third-order valence-corrected chi connectivity index (χ3v) is 4.59. The first-order chi connectivity index (χ1) is 8.95. The Kier molecular flexibility index (Phi) is 4.10. The monoisotopic (exact) mass is 325 g/mol. The summed E-state index contributed by atoms with van der Waals surface area (Å²) in [6.45, 7) is 6.13. The summed E-state index contributed by atoms with van der Waals surface area (Å²) >= 11 is 3.57. The van der Waals surface area contributed by atoms with E-state index in [1.807, 2.05) is 31.0 Å². The Morgan fingerprint density at radius 3 is 2.53 bits per heavy atom. The fourth-order valence-electron chi connectivity index (χ4n) is 2.30. The van der Waals surface area contributed by atoms with Gasteiger partial charge in [-0.05, 0) is 36.2 Å². The van der Waals surface area contributed by atoms with Gasteiger partial charge in [0.25, 0.3) is 0 Å². The number of hydrogen-bond donors (Lipinski definition) is 1. The van der Waals surface area contributed by atoms with Gasteiger partial charge in [-0.3, -0.25) is 9.36 Å². The molecule has 2 rings (SSSR count). The zero-order chi connectivity index (χ0) is 14.2. The SMILES string of the molecule is CCC(N)C(c1cnn(C)c1)n1nc(C)c(Br)c1C. The van der Waals surface area contributed by atoms with Crippen molar-refractivity contribution in [1.82, 2.24) is 19.6 Å². The van der Waals surface area contributed by atoms with E-state index < -0.39 is 0 Å². The van der Waals surface area contributed by atoms with E-state index in [-0.39, 0.29) is 12.1 Å². The molecule has 0 aliphatic carbocycles. The van der Waals surface area contributed by atoms with E-state index in [0.29, 0.717) is 0 Å². The van der Waals surface area contributed by atoms with E-state index in [1.54, 1.807) is 4.68 Å². The number of rotatable bonds is 4. The van der Waals surface area contributed by atoms with Gasteiger partial charge < -0.3 is 5.73 Å². The summed E-state index contributed by atoms with van der Waals surface area (Å²) in [5.74, 6) is 0. The van der Waals surface area contributed by atoms with Gasteiger partial charge in [0.1, 0.15) is 0 Å². The summed E-state index contributed by atoms with van der Waals surface area (Å²) in [4.78, 5) is 0. The van der Waals surface area contributed by atoms with Crippen molar-refractivity contribution < 1.29 is 0 Å². The van der Waals surface area contributed by atoms with Crippen LogP contribution in [0.15, 0.2) is 16.9 Å². The zero-order valence-corrected chi connectivity index (χ0v) is 13.3. The Morgan fingerprint density at radius 2 is 2.11 bits per heavy atom. The smallest absolute Gasteiger partial charge is 0.0952 e. The molecule has 0 spiro atoms. The summed E-state index contributed by atoms with van der Waals surface area (Å²) < 4.78 is 4.85. The van der Waals surface area contributed by atoms with E-state index in [0.717, 1.165) is 27.8 Å². The standard InChI is InChI=1S/C13H20BrN5/c1-5-11(15)13(10-6-16-18(4)7-10)19-9(3)12(14)8(2)17-19/h6-7,11,13H,5,15H2,1-4H3. The van der Waals surface area contributed by atoms with Gasteiger partial charge in [-0.15, -0.1) is 0 Å². The molecule has 0 aliphatic heterocycles. The number of hydrogen-bond acceptors (Lipinski definition) is 3. The lowest BCUT2D eigenvalue weighted by atomic mass is 10.0. The normalized spacial score (nSPS) is 14.6. The lowest BCUT2D eigenvalue weighted by Crippen LogP contribution is -2.33. The summed E-state index contributed by atoms with van der Waals surface area (Å²) in [6, 6.07) is 0.0257. The van der Waals surface area contributed by atoms with Crippen molar-refractivity contribution in [2.75, 3.05) is 0 Å². The molecular formula is C13H20BrN5. The second-order valence-corrected chi connectivity index (χ2v) is 5.69. The average Bonchev–Trinajstić information content (AvgIpc) is 2.90. The van der Waals surface area contributed by atoms with Crippen molar-refractivity contribution in [2.45, 2.75) is 39.3 Å².